The summed E-state index contributed by atoms with van der Waals surface area (Å²) in [5.74, 6) is 0.163. The predicted octanol–water partition coefficient (Wildman–Crippen LogP) is 3.81. The van der Waals surface area contributed by atoms with Crippen molar-refractivity contribution in [3.63, 3.8) is 0 Å². The molecule has 1 aromatic heterocycles. The highest BCUT2D eigenvalue weighted by atomic mass is 79.9. The van der Waals surface area contributed by atoms with Crippen LogP contribution in [0.5, 0.6) is 5.75 Å². The number of nitrogens with zero attached hydrogens (tertiary/aromatic N) is 2. The topological polar surface area (TPSA) is 64.1 Å². The molecular formula is C12H8BrCl2N3O2. The lowest BCUT2D eigenvalue weighted by molar-refractivity contribution is 0.102. The molecule has 2 rings (SSSR count). The largest absolute Gasteiger partial charge is 0.495 e. The maximum Gasteiger partial charge on any atom is 0.258 e. The van der Waals surface area contributed by atoms with Crippen LogP contribution in [0.4, 0.5) is 5.69 Å². The smallest absolute Gasteiger partial charge is 0.258 e. The van der Waals surface area contributed by atoms with Gasteiger partial charge in [-0.05, 0) is 34.1 Å². The second kappa shape index (κ2) is 6.39. The average Bonchev–Trinajstić information content (AvgIpc) is 2.43. The normalized spacial score (nSPS) is 10.2. The Bertz CT molecular complexity index is 667. The lowest BCUT2D eigenvalue weighted by Crippen LogP contribution is -2.13. The first-order valence-electron chi connectivity index (χ1n) is 5.35. The maximum atomic E-state index is 12.1. The molecule has 20 heavy (non-hydrogen) atoms. The highest BCUT2D eigenvalue weighted by molar-refractivity contribution is 9.10. The predicted molar refractivity (Wildman–Crippen MR) is 80.7 cm³/mol. The molecule has 0 aliphatic heterocycles. The van der Waals surface area contributed by atoms with Gasteiger partial charge in [-0.2, -0.15) is 0 Å². The minimum atomic E-state index is -0.434. The molecule has 0 aliphatic rings. The summed E-state index contributed by atoms with van der Waals surface area (Å²) < 4.78 is 5.93. The van der Waals surface area contributed by atoms with Crippen LogP contribution in [0.15, 0.2) is 28.7 Å². The molecule has 1 aromatic carbocycles. The summed E-state index contributed by atoms with van der Waals surface area (Å²) in [6.45, 7) is 0. The Morgan fingerprint density at radius 1 is 1.30 bits per heavy atom. The molecular weight excluding hydrogens is 369 g/mol. The third-order valence-corrected chi connectivity index (χ3v) is 3.49. The fourth-order valence-corrected chi connectivity index (χ4v) is 2.18. The van der Waals surface area contributed by atoms with Crippen molar-refractivity contribution in [1.82, 2.24) is 10.2 Å². The van der Waals surface area contributed by atoms with E-state index >= 15 is 0 Å². The Morgan fingerprint density at radius 3 is 2.75 bits per heavy atom. The number of ether oxygens (including phenoxy) is 1. The van der Waals surface area contributed by atoms with Crippen LogP contribution >= 0.6 is 39.1 Å². The molecule has 8 heteroatoms. The third-order valence-electron chi connectivity index (χ3n) is 2.37. The summed E-state index contributed by atoms with van der Waals surface area (Å²) in [5, 5.41) is 9.88. The molecule has 2 aromatic rings. The van der Waals surface area contributed by atoms with Crippen LogP contribution < -0.4 is 10.1 Å². The molecule has 0 fully saturated rings. The third kappa shape index (κ3) is 3.39. The number of carbonyl (C=O) groups excluding carboxylic acids is 1. The van der Waals surface area contributed by atoms with Crippen molar-refractivity contribution in [2.45, 2.75) is 0 Å². The van der Waals surface area contributed by atoms with Gasteiger partial charge in [-0.1, -0.05) is 23.2 Å². The summed E-state index contributed by atoms with van der Waals surface area (Å²) in [5.41, 5.74) is 0.701. The molecule has 0 saturated heterocycles. The van der Waals surface area contributed by atoms with Crippen molar-refractivity contribution < 1.29 is 9.53 Å². The van der Waals surface area contributed by atoms with Crippen molar-refractivity contribution >= 4 is 50.7 Å². The van der Waals surface area contributed by atoms with E-state index in [1.165, 1.54) is 13.2 Å². The Hall–Kier alpha value is -1.37. The second-order valence-corrected chi connectivity index (χ2v) is 5.27. The molecule has 1 amide bonds. The number of amides is 1. The molecule has 0 unspecified atom stereocenters. The first-order chi connectivity index (χ1) is 9.51. The van der Waals surface area contributed by atoms with E-state index in [-0.39, 0.29) is 15.9 Å². The van der Waals surface area contributed by atoms with Crippen molar-refractivity contribution in [2.24, 2.45) is 0 Å². The number of benzene rings is 1. The average molecular weight is 377 g/mol. The van der Waals surface area contributed by atoms with E-state index in [9.17, 15) is 4.79 Å². The van der Waals surface area contributed by atoms with Crippen molar-refractivity contribution in [3.05, 3.63) is 44.6 Å². The number of rotatable bonds is 3. The summed E-state index contributed by atoms with van der Waals surface area (Å²) in [4.78, 5) is 12.1. The standard InChI is InChI=1S/C12H8BrCl2N3O2/c1-20-9-4-6(2-3-8(9)13)16-12(19)7-5-10(14)17-18-11(7)15/h2-5H,1H3,(H,16,19). The fourth-order valence-electron chi connectivity index (χ4n) is 1.45. The van der Waals surface area contributed by atoms with Crippen LogP contribution in [0.25, 0.3) is 0 Å². The quantitative estimate of drug-likeness (QED) is 0.884. The molecule has 104 valence electrons. The van der Waals surface area contributed by atoms with Gasteiger partial charge in [-0.15, -0.1) is 10.2 Å². The van der Waals surface area contributed by atoms with E-state index in [4.69, 9.17) is 27.9 Å². The Balaban J connectivity index is 2.25. The number of carbonyl (C=O) groups is 1. The zero-order valence-corrected chi connectivity index (χ0v) is 13.3. The SMILES string of the molecule is COc1cc(NC(=O)c2cc(Cl)nnc2Cl)ccc1Br. The van der Waals surface area contributed by atoms with Crippen LogP contribution in [0.3, 0.4) is 0 Å². The lowest BCUT2D eigenvalue weighted by Gasteiger charge is -2.09. The number of hydrogen-bond donors (Lipinski definition) is 1. The van der Waals surface area contributed by atoms with Crippen LogP contribution in [-0.2, 0) is 0 Å². The van der Waals surface area contributed by atoms with Gasteiger partial charge in [0.15, 0.2) is 10.3 Å². The zero-order chi connectivity index (χ0) is 14.7. The lowest BCUT2D eigenvalue weighted by atomic mass is 10.2. The van der Waals surface area contributed by atoms with Gasteiger partial charge in [0.1, 0.15) is 5.75 Å². The van der Waals surface area contributed by atoms with Gasteiger partial charge in [0.2, 0.25) is 0 Å². The number of anilines is 1. The summed E-state index contributed by atoms with van der Waals surface area (Å²) in [6.07, 6.45) is 0. The van der Waals surface area contributed by atoms with Gasteiger partial charge < -0.3 is 10.1 Å². The Kier molecular flexibility index (Phi) is 4.80. The van der Waals surface area contributed by atoms with E-state index in [2.05, 4.69) is 31.4 Å². The van der Waals surface area contributed by atoms with E-state index in [1.807, 2.05) is 0 Å². The Labute approximate surface area is 133 Å². The number of aromatic nitrogens is 2. The summed E-state index contributed by atoms with van der Waals surface area (Å²) in [6, 6.07) is 6.50. The summed E-state index contributed by atoms with van der Waals surface area (Å²) in [7, 11) is 1.54. The van der Waals surface area contributed by atoms with Crippen LogP contribution in [0.2, 0.25) is 10.3 Å². The van der Waals surface area contributed by atoms with E-state index in [0.717, 1.165) is 4.47 Å². The van der Waals surface area contributed by atoms with Gasteiger partial charge in [-0.3, -0.25) is 4.79 Å². The molecule has 1 heterocycles. The van der Waals surface area contributed by atoms with Crippen LogP contribution in [0.1, 0.15) is 10.4 Å². The minimum absolute atomic E-state index is 0.0176. The number of hydrogen-bond acceptors (Lipinski definition) is 4. The van der Waals surface area contributed by atoms with Crippen molar-refractivity contribution in [2.75, 3.05) is 12.4 Å². The first-order valence-corrected chi connectivity index (χ1v) is 6.89. The molecule has 1 N–H and O–H groups in total. The number of nitrogens with one attached hydrogen (secondary N) is 1. The molecule has 5 nitrogen and oxygen atoms in total. The van der Waals surface area contributed by atoms with E-state index < -0.39 is 5.91 Å². The van der Waals surface area contributed by atoms with Crippen molar-refractivity contribution in [3.8, 4) is 5.75 Å². The second-order valence-electron chi connectivity index (χ2n) is 3.67. The highest BCUT2D eigenvalue weighted by Crippen LogP contribution is 2.28. The van der Waals surface area contributed by atoms with E-state index in [1.54, 1.807) is 18.2 Å². The molecule has 0 aliphatic carbocycles. The van der Waals surface area contributed by atoms with E-state index in [0.29, 0.717) is 11.4 Å². The number of halogens is 3. The Morgan fingerprint density at radius 2 is 2.05 bits per heavy atom. The number of methoxy groups -OCH3 is 1. The monoisotopic (exact) mass is 375 g/mol. The molecule has 0 saturated carbocycles. The van der Waals surface area contributed by atoms with Gasteiger partial charge >= 0.3 is 0 Å². The zero-order valence-electron chi connectivity index (χ0n) is 10.2. The minimum Gasteiger partial charge on any atom is -0.495 e. The molecule has 0 radical (unpaired) electrons. The fraction of sp³-hybridized carbons (Fsp3) is 0.0833. The molecule has 0 spiro atoms. The maximum absolute atomic E-state index is 12.1. The highest BCUT2D eigenvalue weighted by Gasteiger charge is 2.14. The van der Waals surface area contributed by atoms with Crippen LogP contribution in [0, 0.1) is 0 Å². The first kappa shape index (κ1) is 15.0. The van der Waals surface area contributed by atoms with Crippen LogP contribution in [-0.4, -0.2) is 23.2 Å². The van der Waals surface area contributed by atoms with Gasteiger partial charge in [-0.25, -0.2) is 0 Å². The van der Waals surface area contributed by atoms with Gasteiger partial charge in [0.25, 0.3) is 5.91 Å². The van der Waals surface area contributed by atoms with Crippen molar-refractivity contribution in [1.29, 1.82) is 0 Å². The molecule has 0 bridgehead atoms. The molecule has 0 atom stereocenters. The van der Waals surface area contributed by atoms with Gasteiger partial charge in [0, 0.05) is 11.8 Å². The van der Waals surface area contributed by atoms with Gasteiger partial charge in [0.05, 0.1) is 17.1 Å². The summed E-state index contributed by atoms with van der Waals surface area (Å²) >= 11 is 14.8.